The minimum absolute atomic E-state index is 0.00749. The topological polar surface area (TPSA) is 247 Å². The molecule has 640 valence electrons. The lowest BCUT2D eigenvalue weighted by molar-refractivity contribution is -0.127. The van der Waals surface area contributed by atoms with Crippen molar-refractivity contribution >= 4 is 84.6 Å². The van der Waals surface area contributed by atoms with Crippen molar-refractivity contribution in [3.05, 3.63) is 223 Å². The smallest absolute Gasteiger partial charge is 0.318 e. The van der Waals surface area contributed by atoms with Crippen LogP contribution in [0.15, 0.2) is 177 Å². The van der Waals surface area contributed by atoms with Crippen molar-refractivity contribution in [2.75, 3.05) is 188 Å². The molecule has 19 rings (SSSR count). The van der Waals surface area contributed by atoms with Gasteiger partial charge in [-0.15, -0.1) is 0 Å². The normalized spacial score (nSPS) is 19.4. The number of hydrogen-bond acceptors (Lipinski definition) is 23. The van der Waals surface area contributed by atoms with Crippen LogP contribution in [0.2, 0.25) is 0 Å². The SMILES string of the molecule is C=CC(=O)N1CCN(c2nc(CCC3CCN(Cc4ccccc4)C3)nc3c2CCN(c2cc(O)cc4ccccc24)C3)CC1.C=CC(=O)N1CCN(c2nc(OC[C@H]3CCCN3C)nc3c2CCN(c2cc(O)cc4ccccc24)C3)CC1.C=CC(=O)N1CCN(c2nc(OC[C@H]3CCN(C)C3)nc3c2CCN(c2cc(O)cc4ccccc24)C3)CC1. The van der Waals surface area contributed by atoms with Crippen molar-refractivity contribution in [1.29, 1.82) is 0 Å². The highest BCUT2D eigenvalue weighted by atomic mass is 16.5. The first kappa shape index (κ1) is 83.1. The fraction of sp³-hybridized carbons (Fsp3) is 0.412. The van der Waals surface area contributed by atoms with Gasteiger partial charge in [0.1, 0.15) is 47.1 Å². The molecule has 9 aliphatic rings. The molecule has 26 heteroatoms. The second-order valence-corrected chi connectivity index (χ2v) is 34.3. The van der Waals surface area contributed by atoms with E-state index in [2.05, 4.69) is 139 Å². The van der Waals surface area contributed by atoms with Crippen molar-refractivity contribution in [3.8, 4) is 29.3 Å². The summed E-state index contributed by atoms with van der Waals surface area (Å²) >= 11 is 0. The molecule has 0 bridgehead atoms. The number of rotatable bonds is 20. The Morgan fingerprint density at radius 1 is 0.423 bits per heavy atom. The Kier molecular flexibility index (Phi) is 25.5. The van der Waals surface area contributed by atoms with Crippen molar-refractivity contribution < 1.29 is 39.2 Å². The van der Waals surface area contributed by atoms with E-state index in [-0.39, 0.29) is 35.0 Å². The summed E-state index contributed by atoms with van der Waals surface area (Å²) in [5, 5.41) is 37.9. The number of piperazine rings is 3. The Balaban J connectivity index is 0.000000131. The standard InChI is InChI=1S/C37H42N6O2.2C30H36N6O3/c1-2-36(45)41-18-20-42(21-19-41)37-32-15-17-43(34-23-30(44)22-29-10-6-7-11-31(29)34)26-33(32)38-35(39-37)13-12-28-14-16-40(25-28)24-27-8-4-3-5-9-27;1-3-28(38)34-13-15-35(16-14-34)29-25-10-12-36(27-18-23(37)17-21-7-4-5-9-24(21)27)19-26(25)31-30(32-29)39-20-22-8-6-11-33(22)2;1-3-28(38)34-12-14-35(15-13-34)29-25-9-11-36(27-17-23(37)16-22-6-4-5-7-24(22)27)19-26(25)31-30(32-29)39-20-21-8-10-33(2)18-21/h2-11,22-23,28,44H,1,12-21,24-26H2;3-5,7,9,17-18,22,37H,1,6,8,10-16,19-20H2,2H3;3-7,16-17,21,37H,1,8-15,18-20H2,2H3/t;22-;21-/m.10/s1. The molecule has 3 N–H and O–H groups in total. The Morgan fingerprint density at radius 3 is 1.26 bits per heavy atom. The zero-order valence-corrected chi connectivity index (χ0v) is 71.0. The van der Waals surface area contributed by atoms with Crippen LogP contribution in [0.5, 0.6) is 29.3 Å². The molecule has 9 aliphatic heterocycles. The Morgan fingerprint density at radius 2 is 0.837 bits per heavy atom. The number of nitrogens with zero attached hydrogens (tertiary/aromatic N) is 18. The Labute approximate surface area is 720 Å². The van der Waals surface area contributed by atoms with Crippen molar-refractivity contribution in [2.24, 2.45) is 11.8 Å². The molecule has 3 amide bonds. The largest absolute Gasteiger partial charge is 0.508 e. The molecule has 0 radical (unpaired) electrons. The summed E-state index contributed by atoms with van der Waals surface area (Å²) in [6, 6.07) is 47.5. The van der Waals surface area contributed by atoms with Crippen LogP contribution in [0.1, 0.15) is 77.3 Å². The van der Waals surface area contributed by atoms with E-state index in [1.165, 1.54) is 42.2 Å². The highest BCUT2D eigenvalue weighted by molar-refractivity contribution is 5.98. The first-order valence-corrected chi connectivity index (χ1v) is 44.0. The predicted octanol–water partition coefficient (Wildman–Crippen LogP) is 11.5. The van der Waals surface area contributed by atoms with Crippen LogP contribution >= 0.6 is 0 Å². The summed E-state index contributed by atoms with van der Waals surface area (Å²) in [4.78, 5) is 93.3. The Hall–Kier alpha value is -12.1. The number of aromatic hydroxyl groups is 3. The maximum atomic E-state index is 12.3. The molecule has 6 fully saturated rings. The number of amides is 3. The highest BCUT2D eigenvalue weighted by Crippen LogP contribution is 2.42. The number of aromatic nitrogens is 6. The number of carbonyl (C=O) groups is 3. The minimum Gasteiger partial charge on any atom is -0.508 e. The average molecular weight is 1660 g/mol. The molecule has 3 aromatic heterocycles. The van der Waals surface area contributed by atoms with Crippen molar-refractivity contribution in [3.63, 3.8) is 0 Å². The average Bonchev–Trinajstić information content (AvgIpc) is 0.779. The lowest BCUT2D eigenvalue weighted by Crippen LogP contribution is -2.49. The number of phenolic OH excluding ortho intramolecular Hbond substituents is 3. The monoisotopic (exact) mass is 1660 g/mol. The first-order chi connectivity index (χ1) is 60.0. The fourth-order valence-corrected chi connectivity index (χ4v) is 19.5. The minimum atomic E-state index is -0.0296. The van der Waals surface area contributed by atoms with Crippen LogP contribution in [0.4, 0.5) is 34.5 Å². The van der Waals surface area contributed by atoms with E-state index in [4.69, 9.17) is 39.4 Å². The molecule has 0 aliphatic carbocycles. The molecule has 26 nitrogen and oxygen atoms in total. The molecule has 10 aromatic rings. The van der Waals surface area contributed by atoms with E-state index in [0.29, 0.717) is 128 Å². The van der Waals surface area contributed by atoms with Crippen LogP contribution in [0.25, 0.3) is 32.3 Å². The summed E-state index contributed by atoms with van der Waals surface area (Å²) in [6.45, 7) is 31.0. The zero-order valence-electron chi connectivity index (χ0n) is 71.0. The molecular formula is C97H114N18O8. The van der Waals surface area contributed by atoms with Crippen LogP contribution in [-0.4, -0.2) is 257 Å². The molecule has 0 spiro atoms. The second kappa shape index (κ2) is 37.7. The lowest BCUT2D eigenvalue weighted by Gasteiger charge is -2.38. The number of anilines is 6. The zero-order chi connectivity index (χ0) is 84.6. The number of phenols is 3. The molecule has 6 saturated heterocycles. The molecule has 7 aromatic carbocycles. The fourth-order valence-electron chi connectivity index (χ4n) is 19.5. The number of hydrogen-bond donors (Lipinski definition) is 3. The van der Waals surface area contributed by atoms with Gasteiger partial charge in [0, 0.05) is 204 Å². The summed E-state index contributed by atoms with van der Waals surface area (Å²) in [6.07, 6.45) is 13.1. The Bertz CT molecular complexity index is 5520. The van der Waals surface area contributed by atoms with E-state index >= 15 is 0 Å². The van der Waals surface area contributed by atoms with Crippen LogP contribution < -0.4 is 38.9 Å². The van der Waals surface area contributed by atoms with Crippen LogP contribution in [-0.2, 0) is 66.2 Å². The maximum Gasteiger partial charge on any atom is 0.318 e. The molecule has 0 saturated carbocycles. The molecule has 3 atom stereocenters. The van der Waals surface area contributed by atoms with Crippen molar-refractivity contribution in [2.45, 2.75) is 90.0 Å². The quantitative estimate of drug-likeness (QED) is 0.0600. The third-order valence-corrected chi connectivity index (χ3v) is 26.2. The number of likely N-dealkylation sites (N-methyl/N-ethyl adjacent to an activating group) is 1. The highest BCUT2D eigenvalue weighted by Gasteiger charge is 2.36. The number of fused-ring (bicyclic) bond motifs is 6. The number of ether oxygens (including phenoxy) is 2. The van der Waals surface area contributed by atoms with E-state index in [9.17, 15) is 29.7 Å². The first-order valence-electron chi connectivity index (χ1n) is 44.0. The molecule has 1 unspecified atom stereocenters. The van der Waals surface area contributed by atoms with Gasteiger partial charge in [-0.05, 0) is 149 Å². The van der Waals surface area contributed by atoms with Crippen LogP contribution in [0.3, 0.4) is 0 Å². The molecule has 123 heavy (non-hydrogen) atoms. The van der Waals surface area contributed by atoms with E-state index in [1.807, 2.05) is 81.4 Å². The molecular weight excluding hydrogens is 1550 g/mol. The van der Waals surface area contributed by atoms with Gasteiger partial charge >= 0.3 is 12.0 Å². The third-order valence-electron chi connectivity index (χ3n) is 26.2. The summed E-state index contributed by atoms with van der Waals surface area (Å²) < 4.78 is 12.5. The van der Waals surface area contributed by atoms with Gasteiger partial charge < -0.3 is 78.7 Å². The third kappa shape index (κ3) is 19.1. The van der Waals surface area contributed by atoms with Gasteiger partial charge in [0.05, 0.1) is 43.3 Å². The van der Waals surface area contributed by atoms with Gasteiger partial charge in [-0.25, -0.2) is 9.97 Å². The van der Waals surface area contributed by atoms with E-state index < -0.39 is 0 Å². The van der Waals surface area contributed by atoms with Gasteiger partial charge in [-0.2, -0.15) is 19.9 Å². The number of benzene rings is 7. The summed E-state index contributed by atoms with van der Waals surface area (Å²) in [5.74, 6) is 5.64. The van der Waals surface area contributed by atoms with E-state index in [0.717, 1.165) is 218 Å². The van der Waals surface area contributed by atoms with Gasteiger partial charge in [0.2, 0.25) is 17.7 Å². The van der Waals surface area contributed by atoms with Gasteiger partial charge in [-0.1, -0.05) is 123 Å². The van der Waals surface area contributed by atoms with Gasteiger partial charge in [0.15, 0.2) is 0 Å². The van der Waals surface area contributed by atoms with Crippen LogP contribution in [0, 0.1) is 11.8 Å². The summed E-state index contributed by atoms with van der Waals surface area (Å²) in [5.41, 5.74) is 10.9. The number of carbonyl (C=O) groups excluding carboxylic acids is 3. The summed E-state index contributed by atoms with van der Waals surface area (Å²) in [7, 11) is 4.28. The van der Waals surface area contributed by atoms with Gasteiger partial charge in [0.25, 0.3) is 0 Å². The maximum absolute atomic E-state index is 12.3. The lowest BCUT2D eigenvalue weighted by atomic mass is 10.00. The second-order valence-electron chi connectivity index (χ2n) is 34.3. The number of aryl methyl sites for hydroxylation is 1. The number of likely N-dealkylation sites (tertiary alicyclic amines) is 3. The molecule has 12 heterocycles. The van der Waals surface area contributed by atoms with Gasteiger partial charge in [-0.3, -0.25) is 19.3 Å². The predicted molar refractivity (Wildman–Crippen MR) is 485 cm³/mol. The van der Waals surface area contributed by atoms with Crippen molar-refractivity contribution in [1.82, 2.24) is 59.3 Å². The van der Waals surface area contributed by atoms with E-state index in [1.54, 1.807) is 12.1 Å².